The third-order valence-electron chi connectivity index (χ3n) is 6.19. The molecule has 1 aliphatic rings. The molecule has 1 aliphatic carbocycles. The molecule has 0 N–H and O–H groups in total. The molecule has 1 unspecified atom stereocenters. The first-order valence-corrected chi connectivity index (χ1v) is 10.8. The minimum atomic E-state index is -0.215. The standard InChI is InChI=1S/C27H28F2/c1-2-3-4-5-19-6-15-26(27(29)16-19)24-10-9-22-17-21(7-8-23(22)18-24)20-11-13-25(28)14-12-20/h6-8,11-17,24H,2-5,9-10,18H2,1H3. The van der Waals surface area contributed by atoms with Crippen LogP contribution in [0.25, 0.3) is 11.1 Å². The van der Waals surface area contributed by atoms with Crippen LogP contribution in [-0.2, 0) is 19.3 Å². The zero-order chi connectivity index (χ0) is 20.2. The Labute approximate surface area is 172 Å². The molecule has 0 saturated carbocycles. The minimum Gasteiger partial charge on any atom is -0.207 e. The lowest BCUT2D eigenvalue weighted by Gasteiger charge is -2.26. The van der Waals surface area contributed by atoms with E-state index in [2.05, 4.69) is 31.2 Å². The van der Waals surface area contributed by atoms with Crippen molar-refractivity contribution in [1.82, 2.24) is 0 Å². The van der Waals surface area contributed by atoms with E-state index in [1.807, 2.05) is 18.2 Å². The fourth-order valence-electron chi connectivity index (χ4n) is 4.48. The van der Waals surface area contributed by atoms with E-state index in [1.165, 1.54) is 36.1 Å². The number of hydrogen-bond donors (Lipinski definition) is 0. The van der Waals surface area contributed by atoms with Crippen LogP contribution in [-0.4, -0.2) is 0 Å². The topological polar surface area (TPSA) is 0 Å². The SMILES string of the molecule is CCCCCc1ccc(C2CCc3cc(-c4ccc(F)cc4)ccc3C2)c(F)c1. The molecule has 29 heavy (non-hydrogen) atoms. The van der Waals surface area contributed by atoms with Crippen LogP contribution >= 0.6 is 0 Å². The highest BCUT2D eigenvalue weighted by atomic mass is 19.1. The summed E-state index contributed by atoms with van der Waals surface area (Å²) in [4.78, 5) is 0. The molecular weight excluding hydrogens is 362 g/mol. The summed E-state index contributed by atoms with van der Waals surface area (Å²) in [6.07, 6.45) is 7.27. The van der Waals surface area contributed by atoms with Crippen LogP contribution in [0.4, 0.5) is 8.78 Å². The fourth-order valence-corrected chi connectivity index (χ4v) is 4.48. The highest BCUT2D eigenvalue weighted by molar-refractivity contribution is 5.65. The number of aryl methyl sites for hydroxylation is 2. The van der Waals surface area contributed by atoms with Crippen LogP contribution in [0, 0.1) is 11.6 Å². The lowest BCUT2D eigenvalue weighted by Crippen LogP contribution is -2.14. The van der Waals surface area contributed by atoms with Gasteiger partial charge in [0.15, 0.2) is 0 Å². The normalized spacial score (nSPS) is 15.9. The van der Waals surface area contributed by atoms with E-state index >= 15 is 0 Å². The molecule has 3 aromatic rings. The van der Waals surface area contributed by atoms with Gasteiger partial charge in [-0.15, -0.1) is 0 Å². The molecule has 0 bridgehead atoms. The highest BCUT2D eigenvalue weighted by Gasteiger charge is 2.23. The maximum Gasteiger partial charge on any atom is 0.126 e. The Morgan fingerprint density at radius 1 is 0.828 bits per heavy atom. The molecule has 0 saturated heterocycles. The summed E-state index contributed by atoms with van der Waals surface area (Å²) in [5.41, 5.74) is 6.75. The summed E-state index contributed by atoms with van der Waals surface area (Å²) in [6, 6.07) is 19.0. The zero-order valence-corrected chi connectivity index (χ0v) is 17.1. The molecule has 0 aromatic heterocycles. The maximum atomic E-state index is 14.8. The minimum absolute atomic E-state index is 0.0459. The van der Waals surface area contributed by atoms with E-state index < -0.39 is 0 Å². The summed E-state index contributed by atoms with van der Waals surface area (Å²) in [5, 5.41) is 0. The molecule has 0 radical (unpaired) electrons. The molecule has 0 aliphatic heterocycles. The van der Waals surface area contributed by atoms with E-state index in [-0.39, 0.29) is 17.6 Å². The number of unbranched alkanes of at least 4 members (excludes halogenated alkanes) is 2. The van der Waals surface area contributed by atoms with Gasteiger partial charge in [0, 0.05) is 0 Å². The van der Waals surface area contributed by atoms with E-state index in [9.17, 15) is 8.78 Å². The third-order valence-corrected chi connectivity index (χ3v) is 6.19. The van der Waals surface area contributed by atoms with Gasteiger partial charge in [-0.1, -0.05) is 62.2 Å². The Hall–Kier alpha value is -2.48. The van der Waals surface area contributed by atoms with Gasteiger partial charge in [-0.05, 0) is 89.6 Å². The maximum absolute atomic E-state index is 14.8. The van der Waals surface area contributed by atoms with Gasteiger partial charge in [0.05, 0.1) is 0 Å². The van der Waals surface area contributed by atoms with Crippen LogP contribution in [0.5, 0.6) is 0 Å². The molecule has 150 valence electrons. The molecule has 2 heteroatoms. The van der Waals surface area contributed by atoms with Crippen molar-refractivity contribution < 1.29 is 8.78 Å². The van der Waals surface area contributed by atoms with Crippen molar-refractivity contribution in [2.45, 2.75) is 57.8 Å². The van der Waals surface area contributed by atoms with Gasteiger partial charge in [-0.25, -0.2) is 8.78 Å². The summed E-state index contributed by atoms with van der Waals surface area (Å²) >= 11 is 0. The predicted octanol–water partition coefficient (Wildman–Crippen LogP) is 7.64. The van der Waals surface area contributed by atoms with Crippen molar-refractivity contribution >= 4 is 0 Å². The Morgan fingerprint density at radius 2 is 1.62 bits per heavy atom. The number of benzene rings is 3. The monoisotopic (exact) mass is 390 g/mol. The smallest absolute Gasteiger partial charge is 0.126 e. The molecule has 0 fully saturated rings. The number of fused-ring (bicyclic) bond motifs is 1. The molecule has 3 aromatic carbocycles. The molecule has 0 spiro atoms. The summed E-state index contributed by atoms with van der Waals surface area (Å²) in [6.45, 7) is 2.19. The van der Waals surface area contributed by atoms with Crippen LogP contribution in [0.1, 0.15) is 60.8 Å². The number of hydrogen-bond acceptors (Lipinski definition) is 0. The van der Waals surface area contributed by atoms with Crippen LogP contribution < -0.4 is 0 Å². The molecule has 0 heterocycles. The second-order valence-electron chi connectivity index (χ2n) is 8.24. The van der Waals surface area contributed by atoms with Gasteiger partial charge in [0.2, 0.25) is 0 Å². The molecule has 0 nitrogen and oxygen atoms in total. The first kappa shape index (κ1) is 19.8. The average molecular weight is 391 g/mol. The van der Waals surface area contributed by atoms with Crippen LogP contribution in [0.2, 0.25) is 0 Å². The van der Waals surface area contributed by atoms with Gasteiger partial charge in [-0.2, -0.15) is 0 Å². The molecule has 0 amide bonds. The first-order valence-electron chi connectivity index (χ1n) is 10.8. The van der Waals surface area contributed by atoms with Crippen LogP contribution in [0.15, 0.2) is 60.7 Å². The summed E-state index contributed by atoms with van der Waals surface area (Å²) < 4.78 is 28.0. The van der Waals surface area contributed by atoms with E-state index in [1.54, 1.807) is 6.07 Å². The fraction of sp³-hybridized carbons (Fsp3) is 0.333. The first-order chi connectivity index (χ1) is 14.1. The van der Waals surface area contributed by atoms with E-state index in [0.717, 1.165) is 54.4 Å². The van der Waals surface area contributed by atoms with Gasteiger partial charge < -0.3 is 0 Å². The highest BCUT2D eigenvalue weighted by Crippen LogP contribution is 2.36. The predicted molar refractivity (Wildman–Crippen MR) is 116 cm³/mol. The molecule has 4 rings (SSSR count). The summed E-state index contributed by atoms with van der Waals surface area (Å²) in [7, 11) is 0. The van der Waals surface area contributed by atoms with Crippen LogP contribution in [0.3, 0.4) is 0 Å². The van der Waals surface area contributed by atoms with Gasteiger partial charge in [0.25, 0.3) is 0 Å². The van der Waals surface area contributed by atoms with Gasteiger partial charge >= 0.3 is 0 Å². The number of rotatable bonds is 6. The Morgan fingerprint density at radius 3 is 2.38 bits per heavy atom. The Balaban J connectivity index is 1.49. The largest absolute Gasteiger partial charge is 0.207 e. The van der Waals surface area contributed by atoms with E-state index in [4.69, 9.17) is 0 Å². The second kappa shape index (κ2) is 8.90. The molecular formula is C27H28F2. The second-order valence-corrected chi connectivity index (χ2v) is 8.24. The zero-order valence-electron chi connectivity index (χ0n) is 17.1. The van der Waals surface area contributed by atoms with Crippen molar-refractivity contribution in [1.29, 1.82) is 0 Å². The van der Waals surface area contributed by atoms with Crippen molar-refractivity contribution in [3.63, 3.8) is 0 Å². The average Bonchev–Trinajstić information content (AvgIpc) is 2.74. The van der Waals surface area contributed by atoms with Crippen molar-refractivity contribution in [2.75, 3.05) is 0 Å². The van der Waals surface area contributed by atoms with Gasteiger partial charge in [0.1, 0.15) is 11.6 Å². The lowest BCUT2D eigenvalue weighted by atomic mass is 9.79. The van der Waals surface area contributed by atoms with Crippen molar-refractivity contribution in [3.05, 3.63) is 94.6 Å². The van der Waals surface area contributed by atoms with Crippen molar-refractivity contribution in [3.8, 4) is 11.1 Å². The number of halogens is 2. The lowest BCUT2D eigenvalue weighted by molar-refractivity contribution is 0.532. The Kier molecular flexibility index (Phi) is 6.08. The quantitative estimate of drug-likeness (QED) is 0.379. The van der Waals surface area contributed by atoms with E-state index in [0.29, 0.717) is 0 Å². The third kappa shape index (κ3) is 4.58. The molecule has 1 atom stereocenters. The Bertz CT molecular complexity index is 972. The van der Waals surface area contributed by atoms with Crippen molar-refractivity contribution in [2.24, 2.45) is 0 Å². The summed E-state index contributed by atoms with van der Waals surface area (Å²) in [5.74, 6) is -0.0211. The van der Waals surface area contributed by atoms with Gasteiger partial charge in [-0.3, -0.25) is 0 Å².